The van der Waals surface area contributed by atoms with E-state index in [1.54, 1.807) is 13.2 Å². The van der Waals surface area contributed by atoms with Gasteiger partial charge in [0.05, 0.1) is 7.11 Å². The van der Waals surface area contributed by atoms with Crippen molar-refractivity contribution in [1.29, 1.82) is 0 Å². The number of amides is 1. The Morgan fingerprint density at radius 2 is 2.00 bits per heavy atom. The van der Waals surface area contributed by atoms with Gasteiger partial charge in [0.1, 0.15) is 11.6 Å². The summed E-state index contributed by atoms with van der Waals surface area (Å²) in [5.41, 5.74) is 1.51. The van der Waals surface area contributed by atoms with Crippen molar-refractivity contribution in [3.63, 3.8) is 0 Å². The summed E-state index contributed by atoms with van der Waals surface area (Å²) in [5.74, 6) is 0.176. The molecule has 0 saturated heterocycles. The van der Waals surface area contributed by atoms with Gasteiger partial charge in [-0.25, -0.2) is 4.39 Å². The second-order valence-corrected chi connectivity index (χ2v) is 4.72. The van der Waals surface area contributed by atoms with E-state index in [9.17, 15) is 9.18 Å². The van der Waals surface area contributed by atoms with E-state index in [1.807, 2.05) is 24.3 Å². The van der Waals surface area contributed by atoms with Gasteiger partial charge in [-0.1, -0.05) is 18.2 Å². The molecule has 21 heavy (non-hydrogen) atoms. The predicted octanol–water partition coefficient (Wildman–Crippen LogP) is 3.20. The number of halogens is 1. The van der Waals surface area contributed by atoms with Crippen molar-refractivity contribution in [3.05, 3.63) is 65.5 Å². The number of carbonyl (C=O) groups excluding carboxylic acids is 1. The van der Waals surface area contributed by atoms with Gasteiger partial charge in [0, 0.05) is 12.1 Å². The Kier molecular flexibility index (Phi) is 5.32. The second-order valence-electron chi connectivity index (χ2n) is 4.72. The summed E-state index contributed by atoms with van der Waals surface area (Å²) < 4.78 is 18.2. The molecule has 110 valence electrons. The van der Waals surface area contributed by atoms with Gasteiger partial charge in [-0.3, -0.25) is 4.79 Å². The first-order valence-corrected chi connectivity index (χ1v) is 6.86. The van der Waals surface area contributed by atoms with Gasteiger partial charge in [-0.15, -0.1) is 0 Å². The monoisotopic (exact) mass is 287 g/mol. The maximum Gasteiger partial charge on any atom is 0.251 e. The molecule has 2 aromatic carbocycles. The first-order chi connectivity index (χ1) is 10.2. The third-order valence-electron chi connectivity index (χ3n) is 3.15. The molecule has 1 N–H and O–H groups in total. The average molecular weight is 287 g/mol. The van der Waals surface area contributed by atoms with Gasteiger partial charge in [0.2, 0.25) is 0 Å². The molecular weight excluding hydrogens is 269 g/mol. The molecule has 0 spiro atoms. The normalized spacial score (nSPS) is 10.2. The quantitative estimate of drug-likeness (QED) is 0.829. The number of ether oxygens (including phenoxy) is 1. The molecule has 0 aliphatic heterocycles. The Labute approximate surface area is 123 Å². The van der Waals surface area contributed by atoms with Crippen molar-refractivity contribution >= 4 is 5.91 Å². The number of nitrogens with one attached hydrogen (secondary N) is 1. The van der Waals surface area contributed by atoms with E-state index in [1.165, 1.54) is 18.2 Å². The molecule has 0 bridgehead atoms. The molecule has 2 rings (SSSR count). The molecule has 4 heteroatoms. The van der Waals surface area contributed by atoms with E-state index in [0.29, 0.717) is 12.1 Å². The lowest BCUT2D eigenvalue weighted by atomic mass is 10.1. The van der Waals surface area contributed by atoms with Crippen molar-refractivity contribution in [3.8, 4) is 5.75 Å². The van der Waals surface area contributed by atoms with Crippen LogP contribution in [0.3, 0.4) is 0 Å². The van der Waals surface area contributed by atoms with Gasteiger partial charge in [-0.05, 0) is 48.7 Å². The van der Waals surface area contributed by atoms with Crippen LogP contribution >= 0.6 is 0 Å². The van der Waals surface area contributed by atoms with Crippen LogP contribution in [0, 0.1) is 5.82 Å². The van der Waals surface area contributed by atoms with Crippen LogP contribution in [0.4, 0.5) is 4.39 Å². The van der Waals surface area contributed by atoms with Crippen LogP contribution in [-0.2, 0) is 6.42 Å². The van der Waals surface area contributed by atoms with E-state index >= 15 is 0 Å². The molecule has 0 saturated carbocycles. The summed E-state index contributed by atoms with van der Waals surface area (Å²) in [4.78, 5) is 11.8. The zero-order chi connectivity index (χ0) is 15.1. The van der Waals surface area contributed by atoms with Crippen LogP contribution in [-0.4, -0.2) is 19.6 Å². The maximum absolute atomic E-state index is 13.0. The molecule has 0 unspecified atom stereocenters. The predicted molar refractivity (Wildman–Crippen MR) is 80.0 cm³/mol. The summed E-state index contributed by atoms with van der Waals surface area (Å²) >= 11 is 0. The minimum atomic E-state index is -0.404. The maximum atomic E-state index is 13.0. The fraction of sp³-hybridized carbons (Fsp3) is 0.235. The fourth-order valence-electron chi connectivity index (χ4n) is 2.05. The number of hydrogen-bond acceptors (Lipinski definition) is 2. The molecule has 0 heterocycles. The van der Waals surface area contributed by atoms with Crippen LogP contribution in [0.25, 0.3) is 0 Å². The smallest absolute Gasteiger partial charge is 0.251 e. The first-order valence-electron chi connectivity index (χ1n) is 6.86. The number of aryl methyl sites for hydroxylation is 1. The molecule has 0 aliphatic rings. The average Bonchev–Trinajstić information content (AvgIpc) is 2.51. The third-order valence-corrected chi connectivity index (χ3v) is 3.15. The summed E-state index contributed by atoms with van der Waals surface area (Å²) in [6.45, 7) is 0.548. The summed E-state index contributed by atoms with van der Waals surface area (Å²) in [5, 5.41) is 2.79. The highest BCUT2D eigenvalue weighted by atomic mass is 19.1. The highest BCUT2D eigenvalue weighted by Crippen LogP contribution is 2.13. The van der Waals surface area contributed by atoms with Crippen LogP contribution in [0.1, 0.15) is 22.3 Å². The minimum absolute atomic E-state index is 0.250. The van der Waals surface area contributed by atoms with Gasteiger partial charge < -0.3 is 10.1 Å². The molecule has 0 fully saturated rings. The number of benzene rings is 2. The summed E-state index contributed by atoms with van der Waals surface area (Å²) in [6.07, 6.45) is 1.66. The second kappa shape index (κ2) is 7.43. The fourth-order valence-corrected chi connectivity index (χ4v) is 2.05. The lowest BCUT2D eigenvalue weighted by Crippen LogP contribution is -2.24. The Balaban J connectivity index is 1.78. The molecule has 1 amide bonds. The SMILES string of the molecule is COc1cccc(CCCNC(=O)c2cccc(F)c2)c1. The Morgan fingerprint density at radius 1 is 1.19 bits per heavy atom. The zero-order valence-electron chi connectivity index (χ0n) is 11.9. The van der Waals surface area contributed by atoms with Gasteiger partial charge >= 0.3 is 0 Å². The Hall–Kier alpha value is -2.36. The number of carbonyl (C=O) groups is 1. The molecule has 2 aromatic rings. The zero-order valence-corrected chi connectivity index (χ0v) is 11.9. The van der Waals surface area contributed by atoms with Crippen LogP contribution < -0.4 is 10.1 Å². The first kappa shape index (κ1) is 15.0. The van der Waals surface area contributed by atoms with Crippen LogP contribution in [0.15, 0.2) is 48.5 Å². The Morgan fingerprint density at radius 3 is 2.76 bits per heavy atom. The van der Waals surface area contributed by atoms with Crippen molar-refractivity contribution in [2.45, 2.75) is 12.8 Å². The largest absolute Gasteiger partial charge is 0.497 e. The lowest BCUT2D eigenvalue weighted by molar-refractivity contribution is 0.0952. The minimum Gasteiger partial charge on any atom is -0.497 e. The molecule has 3 nitrogen and oxygen atoms in total. The van der Waals surface area contributed by atoms with E-state index in [2.05, 4.69) is 5.32 Å². The molecular formula is C17H18FNO2. The van der Waals surface area contributed by atoms with Crippen molar-refractivity contribution < 1.29 is 13.9 Å². The van der Waals surface area contributed by atoms with Gasteiger partial charge in [0.15, 0.2) is 0 Å². The molecule has 0 aromatic heterocycles. The highest BCUT2D eigenvalue weighted by Gasteiger charge is 2.05. The molecule has 0 atom stereocenters. The van der Waals surface area contributed by atoms with Crippen LogP contribution in [0.5, 0.6) is 5.75 Å². The van der Waals surface area contributed by atoms with Gasteiger partial charge in [0.25, 0.3) is 5.91 Å². The van der Waals surface area contributed by atoms with Crippen molar-refractivity contribution in [2.75, 3.05) is 13.7 Å². The number of hydrogen-bond donors (Lipinski definition) is 1. The molecule has 0 aliphatic carbocycles. The standard InChI is InChI=1S/C17H18FNO2/c1-21-16-9-2-5-13(11-16)6-4-10-19-17(20)14-7-3-8-15(18)12-14/h2-3,5,7-9,11-12H,4,6,10H2,1H3,(H,19,20). The van der Waals surface area contributed by atoms with E-state index < -0.39 is 5.82 Å². The lowest BCUT2D eigenvalue weighted by Gasteiger charge is -2.06. The summed E-state index contributed by atoms with van der Waals surface area (Å²) in [6, 6.07) is 13.5. The highest BCUT2D eigenvalue weighted by molar-refractivity contribution is 5.94. The van der Waals surface area contributed by atoms with Crippen LogP contribution in [0.2, 0.25) is 0 Å². The van der Waals surface area contributed by atoms with Gasteiger partial charge in [-0.2, -0.15) is 0 Å². The molecule has 0 radical (unpaired) electrons. The third kappa shape index (κ3) is 4.60. The summed E-state index contributed by atoms with van der Waals surface area (Å²) in [7, 11) is 1.64. The Bertz CT molecular complexity index is 613. The number of methoxy groups -OCH3 is 1. The van der Waals surface area contributed by atoms with Crippen molar-refractivity contribution in [1.82, 2.24) is 5.32 Å². The van der Waals surface area contributed by atoms with E-state index in [4.69, 9.17) is 4.74 Å². The number of rotatable bonds is 6. The van der Waals surface area contributed by atoms with Crippen molar-refractivity contribution in [2.24, 2.45) is 0 Å². The topological polar surface area (TPSA) is 38.3 Å². The van der Waals surface area contributed by atoms with E-state index in [-0.39, 0.29) is 5.91 Å². The van der Waals surface area contributed by atoms with E-state index in [0.717, 1.165) is 24.2 Å².